The molecule has 2 amide bonds. The summed E-state index contributed by atoms with van der Waals surface area (Å²) in [5, 5.41) is 21.3. The topological polar surface area (TPSA) is 124 Å². The molecule has 0 saturated carbocycles. The molecule has 0 bridgehead atoms. The molecule has 160 valence electrons. The lowest BCUT2D eigenvalue weighted by molar-refractivity contribution is -0.159. The minimum Gasteiger partial charge on any atom is -0.480 e. The molecule has 0 spiro atoms. The Labute approximate surface area is 182 Å². The third-order valence-corrected chi connectivity index (χ3v) is 7.15. The Hall–Kier alpha value is -3.33. The van der Waals surface area contributed by atoms with E-state index in [1.807, 2.05) is 0 Å². The summed E-state index contributed by atoms with van der Waals surface area (Å²) in [5.41, 5.74) is 1.12. The average Bonchev–Trinajstić information content (AvgIpc) is 2.99. The molecule has 2 aromatic carbocycles. The number of carbonyl (C=O) groups excluding carboxylic acids is 2. The van der Waals surface area contributed by atoms with Crippen molar-refractivity contribution in [1.29, 1.82) is 0 Å². The van der Waals surface area contributed by atoms with Gasteiger partial charge in [-0.05, 0) is 37.1 Å². The Bertz CT molecular complexity index is 1110. The lowest BCUT2D eigenvalue weighted by Gasteiger charge is -2.43. The summed E-state index contributed by atoms with van der Waals surface area (Å²) in [7, 11) is 0. The van der Waals surface area contributed by atoms with Gasteiger partial charge in [-0.15, -0.1) is 11.8 Å². The number of hydrogen-bond donors (Lipinski definition) is 3. The highest BCUT2D eigenvalue weighted by Gasteiger charge is 2.64. The van der Waals surface area contributed by atoms with Gasteiger partial charge in [-0.1, -0.05) is 36.4 Å². The molecule has 0 radical (unpaired) electrons. The van der Waals surface area contributed by atoms with Crippen molar-refractivity contribution in [2.24, 2.45) is 0 Å². The average molecular weight is 440 g/mol. The summed E-state index contributed by atoms with van der Waals surface area (Å²) in [6.45, 7) is 3.53. The molecule has 2 aliphatic rings. The molecule has 2 heterocycles. The van der Waals surface area contributed by atoms with Crippen molar-refractivity contribution in [1.82, 2.24) is 10.2 Å². The number of hydrogen-bond acceptors (Lipinski definition) is 5. The van der Waals surface area contributed by atoms with Crippen molar-refractivity contribution in [3.05, 3.63) is 59.7 Å². The van der Waals surface area contributed by atoms with Gasteiger partial charge in [0.05, 0.1) is 5.56 Å². The highest BCUT2D eigenvalue weighted by molar-refractivity contribution is 8.01. The third-order valence-electron chi connectivity index (χ3n) is 5.58. The zero-order valence-corrected chi connectivity index (χ0v) is 17.6. The van der Waals surface area contributed by atoms with Gasteiger partial charge in [-0.25, -0.2) is 9.59 Å². The van der Waals surface area contributed by atoms with Gasteiger partial charge in [0.2, 0.25) is 5.91 Å². The smallest absolute Gasteiger partial charge is 0.336 e. The predicted molar refractivity (Wildman–Crippen MR) is 114 cm³/mol. The van der Waals surface area contributed by atoms with E-state index in [0.717, 1.165) is 0 Å². The first-order valence-corrected chi connectivity index (χ1v) is 10.5. The van der Waals surface area contributed by atoms with Crippen LogP contribution in [0.4, 0.5) is 0 Å². The number of thioether (sulfide) groups is 1. The zero-order chi connectivity index (χ0) is 22.5. The lowest BCUT2D eigenvalue weighted by atomic mass is 9.93. The maximum atomic E-state index is 13.1. The monoisotopic (exact) mass is 440 g/mol. The molecule has 8 nitrogen and oxygen atoms in total. The second kappa shape index (κ2) is 7.42. The van der Waals surface area contributed by atoms with Crippen LogP contribution in [0.1, 0.15) is 34.6 Å². The van der Waals surface area contributed by atoms with Crippen molar-refractivity contribution >= 4 is 35.5 Å². The van der Waals surface area contributed by atoms with Gasteiger partial charge in [-0.3, -0.25) is 9.59 Å². The van der Waals surface area contributed by atoms with Gasteiger partial charge in [0.1, 0.15) is 17.5 Å². The number of carbonyl (C=O) groups is 4. The van der Waals surface area contributed by atoms with Crippen LogP contribution in [0.2, 0.25) is 0 Å². The summed E-state index contributed by atoms with van der Waals surface area (Å²) in [5.74, 6) is -3.15. The molecule has 3 atom stereocenters. The van der Waals surface area contributed by atoms with Gasteiger partial charge >= 0.3 is 11.9 Å². The van der Waals surface area contributed by atoms with Gasteiger partial charge in [0.15, 0.2) is 0 Å². The summed E-state index contributed by atoms with van der Waals surface area (Å²) >= 11 is 1.34. The van der Waals surface area contributed by atoms with E-state index in [9.17, 15) is 29.4 Å². The highest BCUT2D eigenvalue weighted by atomic mass is 32.2. The van der Waals surface area contributed by atoms with Gasteiger partial charge in [0, 0.05) is 10.3 Å². The Kier molecular flexibility index (Phi) is 5.01. The first-order chi connectivity index (χ1) is 14.6. The molecule has 2 aliphatic heterocycles. The van der Waals surface area contributed by atoms with Crippen LogP contribution < -0.4 is 5.32 Å². The molecule has 3 N–H and O–H groups in total. The molecule has 4 rings (SSSR count). The maximum Gasteiger partial charge on any atom is 0.336 e. The van der Waals surface area contributed by atoms with E-state index in [1.165, 1.54) is 22.7 Å². The van der Waals surface area contributed by atoms with E-state index in [1.54, 1.807) is 56.3 Å². The third kappa shape index (κ3) is 3.34. The molecule has 31 heavy (non-hydrogen) atoms. The van der Waals surface area contributed by atoms with Crippen LogP contribution >= 0.6 is 11.8 Å². The molecule has 9 heteroatoms. The molecule has 2 saturated heterocycles. The van der Waals surface area contributed by atoms with E-state index in [4.69, 9.17) is 0 Å². The van der Waals surface area contributed by atoms with Crippen LogP contribution in [0.3, 0.4) is 0 Å². The van der Waals surface area contributed by atoms with Gasteiger partial charge < -0.3 is 20.4 Å². The second-order valence-electron chi connectivity index (χ2n) is 7.95. The molecular formula is C22H20N2O6S. The Balaban J connectivity index is 1.62. The van der Waals surface area contributed by atoms with E-state index in [0.29, 0.717) is 11.1 Å². The number of benzene rings is 2. The number of rotatable bonds is 5. The van der Waals surface area contributed by atoms with Crippen LogP contribution in [0.25, 0.3) is 11.1 Å². The van der Waals surface area contributed by atoms with E-state index < -0.39 is 46.0 Å². The fourth-order valence-electron chi connectivity index (χ4n) is 4.18. The number of fused-ring (bicyclic) bond motifs is 1. The fourth-order valence-corrected chi connectivity index (χ4v) is 5.81. The standard InChI is InChI=1S/C22H20N2O6S/c1-22(2)16(21(29)30)24-18(26)15(19(24)31-22)23-17(25)13-9-5-3-7-11(13)12-8-4-6-10-14(12)20(27)28/h3-10,15-16,19H,1-2H3,(H,23,25)(H,27,28)(H,29,30)/t15-,16+,19-/m1/s1. The van der Waals surface area contributed by atoms with E-state index >= 15 is 0 Å². The largest absolute Gasteiger partial charge is 0.480 e. The molecular weight excluding hydrogens is 420 g/mol. The number of carboxylic acid groups (broad SMARTS) is 2. The number of aliphatic carboxylic acids is 1. The Morgan fingerprint density at radius 1 is 0.968 bits per heavy atom. The summed E-state index contributed by atoms with van der Waals surface area (Å²) < 4.78 is -0.691. The normalized spacial score (nSPS) is 23.6. The van der Waals surface area contributed by atoms with Crippen LogP contribution in [0, 0.1) is 0 Å². The van der Waals surface area contributed by atoms with Crippen molar-refractivity contribution in [3.8, 4) is 11.1 Å². The molecule has 0 unspecified atom stereocenters. The van der Waals surface area contributed by atoms with Gasteiger partial charge in [-0.2, -0.15) is 0 Å². The number of nitrogens with zero attached hydrogens (tertiary/aromatic N) is 1. The Morgan fingerprint density at radius 2 is 1.52 bits per heavy atom. The maximum absolute atomic E-state index is 13.1. The zero-order valence-electron chi connectivity index (χ0n) is 16.7. The van der Waals surface area contributed by atoms with Crippen LogP contribution in [-0.4, -0.2) is 61.1 Å². The van der Waals surface area contributed by atoms with Gasteiger partial charge in [0.25, 0.3) is 5.91 Å². The summed E-state index contributed by atoms with van der Waals surface area (Å²) in [4.78, 5) is 50.3. The number of carboxylic acids is 2. The summed E-state index contributed by atoms with van der Waals surface area (Å²) in [6.07, 6.45) is 0. The highest BCUT2D eigenvalue weighted by Crippen LogP contribution is 2.50. The number of nitrogens with one attached hydrogen (secondary N) is 1. The van der Waals surface area contributed by atoms with Crippen molar-refractivity contribution in [2.75, 3.05) is 0 Å². The first kappa shape index (κ1) is 20.9. The first-order valence-electron chi connectivity index (χ1n) is 9.59. The van der Waals surface area contributed by atoms with E-state index in [2.05, 4.69) is 5.32 Å². The number of β-lactam (4-membered cyclic amide) rings is 1. The van der Waals surface area contributed by atoms with Crippen molar-refractivity contribution < 1.29 is 29.4 Å². The minimum absolute atomic E-state index is 0.0612. The van der Waals surface area contributed by atoms with Crippen LogP contribution in [0.5, 0.6) is 0 Å². The molecule has 2 aromatic rings. The fraction of sp³-hybridized carbons (Fsp3) is 0.273. The lowest BCUT2D eigenvalue weighted by Crippen LogP contribution is -2.70. The molecule has 0 aromatic heterocycles. The van der Waals surface area contributed by atoms with E-state index in [-0.39, 0.29) is 11.1 Å². The number of aromatic carboxylic acids is 1. The van der Waals surface area contributed by atoms with Crippen molar-refractivity contribution in [2.45, 2.75) is 36.1 Å². The van der Waals surface area contributed by atoms with Crippen LogP contribution in [-0.2, 0) is 9.59 Å². The minimum atomic E-state index is -1.11. The predicted octanol–water partition coefficient (Wildman–Crippen LogP) is 2.30. The molecule has 2 fully saturated rings. The van der Waals surface area contributed by atoms with Crippen molar-refractivity contribution in [3.63, 3.8) is 0 Å². The SMILES string of the molecule is CC1(C)S[C@@H]2[C@H](NC(=O)c3ccccc3-c3ccccc3C(=O)O)C(=O)N2[C@H]1C(=O)O. The number of amides is 2. The molecule has 0 aliphatic carbocycles. The Morgan fingerprint density at radius 3 is 2.10 bits per heavy atom. The second-order valence-corrected chi connectivity index (χ2v) is 9.72. The summed E-state index contributed by atoms with van der Waals surface area (Å²) in [6, 6.07) is 11.2. The quantitative estimate of drug-likeness (QED) is 0.610. The van der Waals surface area contributed by atoms with Crippen LogP contribution in [0.15, 0.2) is 48.5 Å².